The maximum absolute atomic E-state index is 13.5. The van der Waals surface area contributed by atoms with Gasteiger partial charge in [0.2, 0.25) is 5.91 Å². The van der Waals surface area contributed by atoms with Crippen LogP contribution in [0, 0.1) is 0 Å². The standard InChI is InChI=1S/C29H37N3O3/c1-5-23(4)32(29(34)30-26-15-13-25(14-16-26)22(2)3)21-28(33)31(20-27-12-9-19-35-27)18-17-24-10-7-6-8-11-24/h6-16,19,22-23H,5,17-18,20-21H2,1-4H3,(H,30,34). The molecule has 0 saturated carbocycles. The molecule has 0 spiro atoms. The summed E-state index contributed by atoms with van der Waals surface area (Å²) in [5, 5.41) is 2.97. The number of amides is 3. The molecule has 0 aliphatic heterocycles. The molecule has 3 aromatic rings. The van der Waals surface area contributed by atoms with E-state index in [2.05, 4.69) is 31.3 Å². The maximum Gasteiger partial charge on any atom is 0.322 e. The minimum atomic E-state index is -0.272. The largest absolute Gasteiger partial charge is 0.467 e. The van der Waals surface area contributed by atoms with Gasteiger partial charge in [0, 0.05) is 18.3 Å². The van der Waals surface area contributed by atoms with Crippen LogP contribution in [0.2, 0.25) is 0 Å². The second kappa shape index (κ2) is 12.8. The number of carbonyl (C=O) groups excluding carboxylic acids is 2. The minimum absolute atomic E-state index is 0.000413. The molecule has 35 heavy (non-hydrogen) atoms. The van der Waals surface area contributed by atoms with Crippen LogP contribution in [0.5, 0.6) is 0 Å². The van der Waals surface area contributed by atoms with Crippen molar-refractivity contribution in [2.24, 2.45) is 0 Å². The average molecular weight is 476 g/mol. The SMILES string of the molecule is CCC(C)N(CC(=O)N(CCc1ccccc1)Cc1ccco1)C(=O)Nc1ccc(C(C)C)cc1. The van der Waals surface area contributed by atoms with Crippen LogP contribution in [0.1, 0.15) is 56.9 Å². The third kappa shape index (κ3) is 7.74. The fourth-order valence-corrected chi connectivity index (χ4v) is 3.83. The summed E-state index contributed by atoms with van der Waals surface area (Å²) < 4.78 is 5.51. The zero-order valence-electron chi connectivity index (χ0n) is 21.2. The zero-order valence-corrected chi connectivity index (χ0v) is 21.2. The first-order valence-corrected chi connectivity index (χ1v) is 12.4. The smallest absolute Gasteiger partial charge is 0.322 e. The molecule has 6 heteroatoms. The number of rotatable bonds is 11. The molecular weight excluding hydrogens is 438 g/mol. The monoisotopic (exact) mass is 475 g/mol. The Morgan fingerprint density at radius 2 is 1.66 bits per heavy atom. The third-order valence-corrected chi connectivity index (χ3v) is 6.31. The molecule has 0 aliphatic carbocycles. The molecule has 2 aromatic carbocycles. The normalized spacial score (nSPS) is 11.8. The van der Waals surface area contributed by atoms with E-state index in [0.717, 1.165) is 29.9 Å². The third-order valence-electron chi connectivity index (χ3n) is 6.31. The highest BCUT2D eigenvalue weighted by Crippen LogP contribution is 2.18. The summed E-state index contributed by atoms with van der Waals surface area (Å²) >= 11 is 0. The number of furan rings is 1. The summed E-state index contributed by atoms with van der Waals surface area (Å²) in [6, 6.07) is 21.3. The van der Waals surface area contributed by atoms with Crippen molar-refractivity contribution in [1.82, 2.24) is 9.80 Å². The Morgan fingerprint density at radius 1 is 0.943 bits per heavy atom. The van der Waals surface area contributed by atoms with Crippen molar-refractivity contribution in [2.45, 2.75) is 59.0 Å². The van der Waals surface area contributed by atoms with E-state index in [4.69, 9.17) is 4.42 Å². The van der Waals surface area contributed by atoms with Gasteiger partial charge in [-0.05, 0) is 61.1 Å². The Balaban J connectivity index is 1.71. The highest BCUT2D eigenvalue weighted by molar-refractivity contribution is 5.92. The average Bonchev–Trinajstić information content (AvgIpc) is 3.38. The van der Waals surface area contributed by atoms with E-state index in [-0.39, 0.29) is 24.5 Å². The Labute approximate surface area is 208 Å². The molecule has 1 heterocycles. The number of hydrogen-bond acceptors (Lipinski definition) is 3. The van der Waals surface area contributed by atoms with Gasteiger partial charge in [0.15, 0.2) is 0 Å². The van der Waals surface area contributed by atoms with Gasteiger partial charge in [-0.1, -0.05) is 63.2 Å². The second-order valence-corrected chi connectivity index (χ2v) is 9.22. The zero-order chi connectivity index (χ0) is 25.2. The molecule has 0 radical (unpaired) electrons. The molecule has 0 aliphatic rings. The van der Waals surface area contributed by atoms with Gasteiger partial charge in [0.05, 0.1) is 12.8 Å². The van der Waals surface area contributed by atoms with Gasteiger partial charge in [-0.25, -0.2) is 4.79 Å². The lowest BCUT2D eigenvalue weighted by atomic mass is 10.0. The molecule has 1 aromatic heterocycles. The van der Waals surface area contributed by atoms with Crippen LogP contribution < -0.4 is 5.32 Å². The summed E-state index contributed by atoms with van der Waals surface area (Å²) in [6.07, 6.45) is 3.08. The Bertz CT molecular complexity index is 1050. The summed E-state index contributed by atoms with van der Waals surface area (Å²) in [5.74, 6) is 1.03. The van der Waals surface area contributed by atoms with Gasteiger partial charge in [0.25, 0.3) is 0 Å². The molecule has 0 fully saturated rings. The van der Waals surface area contributed by atoms with Crippen LogP contribution in [0.4, 0.5) is 10.5 Å². The lowest BCUT2D eigenvalue weighted by molar-refractivity contribution is -0.133. The van der Waals surface area contributed by atoms with Crippen molar-refractivity contribution < 1.29 is 14.0 Å². The van der Waals surface area contributed by atoms with Crippen LogP contribution >= 0.6 is 0 Å². The van der Waals surface area contributed by atoms with Gasteiger partial charge in [0.1, 0.15) is 12.3 Å². The van der Waals surface area contributed by atoms with E-state index in [9.17, 15) is 9.59 Å². The molecule has 1 N–H and O–H groups in total. The molecule has 0 bridgehead atoms. The second-order valence-electron chi connectivity index (χ2n) is 9.22. The number of anilines is 1. The van der Waals surface area contributed by atoms with Crippen molar-refractivity contribution in [3.8, 4) is 0 Å². The summed E-state index contributed by atoms with van der Waals surface area (Å²) in [4.78, 5) is 30.1. The van der Waals surface area contributed by atoms with E-state index in [1.54, 1.807) is 16.1 Å². The molecule has 3 amide bonds. The Morgan fingerprint density at radius 3 is 2.26 bits per heavy atom. The van der Waals surface area contributed by atoms with Crippen molar-refractivity contribution >= 4 is 17.6 Å². The maximum atomic E-state index is 13.5. The summed E-state index contributed by atoms with van der Waals surface area (Å²) in [7, 11) is 0. The highest BCUT2D eigenvalue weighted by Gasteiger charge is 2.25. The number of nitrogens with one attached hydrogen (secondary N) is 1. The molecule has 3 rings (SSSR count). The molecule has 1 atom stereocenters. The lowest BCUT2D eigenvalue weighted by Crippen LogP contribution is -2.48. The first-order chi connectivity index (χ1) is 16.9. The van der Waals surface area contributed by atoms with Crippen LogP contribution in [0.25, 0.3) is 0 Å². The number of nitrogens with zero attached hydrogens (tertiary/aromatic N) is 2. The van der Waals surface area contributed by atoms with Crippen molar-refractivity contribution in [3.63, 3.8) is 0 Å². The topological polar surface area (TPSA) is 65.8 Å². The van der Waals surface area contributed by atoms with E-state index in [1.165, 1.54) is 5.56 Å². The van der Waals surface area contributed by atoms with Crippen LogP contribution in [0.15, 0.2) is 77.4 Å². The predicted molar refractivity (Wildman–Crippen MR) is 140 cm³/mol. The summed E-state index contributed by atoms with van der Waals surface area (Å²) in [5.41, 5.74) is 3.09. The summed E-state index contributed by atoms with van der Waals surface area (Å²) in [6.45, 7) is 9.16. The van der Waals surface area contributed by atoms with E-state index >= 15 is 0 Å². The fraction of sp³-hybridized carbons (Fsp3) is 0.379. The van der Waals surface area contributed by atoms with Crippen LogP contribution in [-0.4, -0.2) is 40.9 Å². The van der Waals surface area contributed by atoms with E-state index in [1.807, 2.05) is 68.4 Å². The first-order valence-electron chi connectivity index (χ1n) is 12.4. The van der Waals surface area contributed by atoms with E-state index < -0.39 is 0 Å². The molecular formula is C29H37N3O3. The van der Waals surface area contributed by atoms with Gasteiger partial charge < -0.3 is 19.5 Å². The lowest BCUT2D eigenvalue weighted by Gasteiger charge is -2.31. The molecule has 186 valence electrons. The number of carbonyl (C=O) groups is 2. The van der Waals surface area contributed by atoms with Crippen molar-refractivity contribution in [1.29, 1.82) is 0 Å². The number of benzene rings is 2. The van der Waals surface area contributed by atoms with Gasteiger partial charge in [-0.3, -0.25) is 4.79 Å². The predicted octanol–water partition coefficient (Wildman–Crippen LogP) is 6.31. The van der Waals surface area contributed by atoms with Crippen molar-refractivity contribution in [3.05, 3.63) is 89.9 Å². The number of urea groups is 1. The first kappa shape index (κ1) is 26.1. The molecule has 0 saturated heterocycles. The van der Waals surface area contributed by atoms with E-state index in [0.29, 0.717) is 19.0 Å². The van der Waals surface area contributed by atoms with Gasteiger partial charge in [-0.2, -0.15) is 0 Å². The van der Waals surface area contributed by atoms with Crippen LogP contribution in [0.3, 0.4) is 0 Å². The fourth-order valence-electron chi connectivity index (χ4n) is 3.83. The Hall–Kier alpha value is -3.54. The van der Waals surface area contributed by atoms with Gasteiger partial charge >= 0.3 is 6.03 Å². The molecule has 6 nitrogen and oxygen atoms in total. The quantitative estimate of drug-likeness (QED) is 0.354. The highest BCUT2D eigenvalue weighted by atomic mass is 16.3. The van der Waals surface area contributed by atoms with Crippen molar-refractivity contribution in [2.75, 3.05) is 18.4 Å². The Kier molecular flexibility index (Phi) is 9.53. The number of hydrogen-bond donors (Lipinski definition) is 1. The molecule has 1 unspecified atom stereocenters. The minimum Gasteiger partial charge on any atom is -0.467 e. The van der Waals surface area contributed by atoms with Gasteiger partial charge in [-0.15, -0.1) is 0 Å². The van der Waals surface area contributed by atoms with Crippen LogP contribution in [-0.2, 0) is 17.8 Å².